The van der Waals surface area contributed by atoms with Crippen LogP contribution >= 0.6 is 0 Å². The van der Waals surface area contributed by atoms with E-state index in [0.29, 0.717) is 0 Å². The van der Waals surface area contributed by atoms with Gasteiger partial charge in [-0.2, -0.15) is 0 Å². The monoisotopic (exact) mass is 94.1 g/mol. The van der Waals surface area contributed by atoms with Crippen molar-refractivity contribution < 1.29 is 0 Å². The average molecular weight is 94.0 g/mol. The normalized spacial score (nSPS) is 10.9. The first-order valence-electron chi connectivity index (χ1n) is 2.62. The van der Waals surface area contributed by atoms with E-state index in [2.05, 4.69) is 19.5 Å². The van der Waals surface area contributed by atoms with Crippen LogP contribution in [-0.4, -0.2) is 13.4 Å². The molecule has 0 rings (SSSR count). The van der Waals surface area contributed by atoms with Gasteiger partial charge in [-0.1, -0.05) is 0 Å². The summed E-state index contributed by atoms with van der Waals surface area (Å²) in [6.07, 6.45) is 3.17. The summed E-state index contributed by atoms with van der Waals surface area (Å²) in [6, 6.07) is 0. The topological polar surface area (TPSA) is 0 Å². The van der Waals surface area contributed by atoms with Crippen LogP contribution < -0.4 is 0 Å². The average Bonchev–Trinajstić information content (AvgIpc) is 1.72. The molecule has 0 aromatic heterocycles. The molecule has 0 aliphatic carbocycles. The van der Waals surface area contributed by atoms with Crippen LogP contribution in [0.15, 0.2) is 11.5 Å². The SMILES string of the molecule is C=BC(=CC)CC. The Kier molecular flexibility index (Phi) is 3.67. The molecule has 0 unspecified atom stereocenters. The fourth-order valence-electron chi connectivity index (χ4n) is 0.466. The van der Waals surface area contributed by atoms with Crippen LogP contribution in [0.4, 0.5) is 0 Å². The van der Waals surface area contributed by atoms with Crippen molar-refractivity contribution in [1.29, 1.82) is 0 Å². The fourth-order valence-corrected chi connectivity index (χ4v) is 0.466. The van der Waals surface area contributed by atoms with Crippen molar-refractivity contribution in [3.05, 3.63) is 11.5 Å². The Morgan fingerprint density at radius 3 is 2.43 bits per heavy atom. The number of rotatable bonds is 2. The summed E-state index contributed by atoms with van der Waals surface area (Å²) in [5.41, 5.74) is 1.32. The van der Waals surface area contributed by atoms with Gasteiger partial charge >= 0.3 is 45.2 Å². The van der Waals surface area contributed by atoms with Crippen LogP contribution in [0, 0.1) is 0 Å². The Labute approximate surface area is 46.1 Å². The van der Waals surface area contributed by atoms with Crippen LogP contribution in [0.2, 0.25) is 0 Å². The molecule has 0 nitrogen and oxygen atoms in total. The van der Waals surface area contributed by atoms with Gasteiger partial charge in [-0.05, 0) is 0 Å². The summed E-state index contributed by atoms with van der Waals surface area (Å²) in [7, 11) is 0. The third kappa shape index (κ3) is 2.38. The first-order chi connectivity index (χ1) is 3.35. The zero-order valence-corrected chi connectivity index (χ0v) is 5.07. The Hall–Kier alpha value is -0.325. The second-order valence-electron chi connectivity index (χ2n) is 1.42. The zero-order valence-electron chi connectivity index (χ0n) is 5.07. The van der Waals surface area contributed by atoms with Gasteiger partial charge in [0, 0.05) is 0 Å². The second kappa shape index (κ2) is 3.85. The summed E-state index contributed by atoms with van der Waals surface area (Å²) in [6.45, 7) is 9.67. The van der Waals surface area contributed by atoms with Crippen molar-refractivity contribution in [2.24, 2.45) is 0 Å². The van der Waals surface area contributed by atoms with Crippen molar-refractivity contribution in [3.63, 3.8) is 0 Å². The van der Waals surface area contributed by atoms with Gasteiger partial charge in [-0.3, -0.25) is 0 Å². The van der Waals surface area contributed by atoms with Crippen molar-refractivity contribution in [2.75, 3.05) is 0 Å². The predicted molar refractivity (Wildman–Crippen MR) is 36.9 cm³/mol. The molecule has 1 heteroatoms. The van der Waals surface area contributed by atoms with E-state index in [0.717, 1.165) is 6.42 Å². The van der Waals surface area contributed by atoms with Crippen LogP contribution in [-0.2, 0) is 0 Å². The Morgan fingerprint density at radius 1 is 1.86 bits per heavy atom. The first-order valence-corrected chi connectivity index (χ1v) is 2.62. The van der Waals surface area contributed by atoms with Gasteiger partial charge in [0.1, 0.15) is 0 Å². The molecular weight excluding hydrogens is 82.9 g/mol. The van der Waals surface area contributed by atoms with E-state index in [4.69, 9.17) is 0 Å². The zero-order chi connectivity index (χ0) is 5.70. The summed E-state index contributed by atoms with van der Waals surface area (Å²) in [5.74, 6) is 0. The molecule has 0 atom stereocenters. The molecule has 0 aliphatic heterocycles. The Morgan fingerprint density at radius 2 is 2.43 bits per heavy atom. The Bertz CT molecular complexity index is 82.2. The van der Waals surface area contributed by atoms with E-state index >= 15 is 0 Å². The molecule has 0 heterocycles. The van der Waals surface area contributed by atoms with Gasteiger partial charge in [0.05, 0.1) is 0 Å². The summed E-state index contributed by atoms with van der Waals surface area (Å²) >= 11 is 0. The van der Waals surface area contributed by atoms with Gasteiger partial charge in [0.25, 0.3) is 0 Å². The van der Waals surface area contributed by atoms with Crippen LogP contribution in [0.1, 0.15) is 20.3 Å². The van der Waals surface area contributed by atoms with Crippen molar-refractivity contribution in [2.45, 2.75) is 20.3 Å². The quantitative estimate of drug-likeness (QED) is 0.454. The summed E-state index contributed by atoms with van der Waals surface area (Å²) in [5, 5.41) is 0. The van der Waals surface area contributed by atoms with Gasteiger partial charge < -0.3 is 0 Å². The van der Waals surface area contributed by atoms with E-state index in [1.54, 1.807) is 0 Å². The third-order valence-corrected chi connectivity index (χ3v) is 1.04. The molecule has 0 saturated heterocycles. The molecule has 0 fully saturated rings. The minimum absolute atomic E-state index is 1.10. The van der Waals surface area contributed by atoms with Crippen LogP contribution in [0.25, 0.3) is 0 Å². The number of hydrogen-bond donors (Lipinski definition) is 0. The summed E-state index contributed by atoms with van der Waals surface area (Å²) < 4.78 is 0. The second-order valence-corrected chi connectivity index (χ2v) is 1.42. The van der Waals surface area contributed by atoms with E-state index in [1.807, 2.05) is 13.8 Å². The third-order valence-electron chi connectivity index (χ3n) is 1.04. The fraction of sp³-hybridized carbons (Fsp3) is 0.500. The van der Waals surface area contributed by atoms with E-state index in [9.17, 15) is 0 Å². The Balaban J connectivity index is 3.60. The van der Waals surface area contributed by atoms with Gasteiger partial charge in [0.15, 0.2) is 0 Å². The predicted octanol–water partition coefficient (Wildman–Crippen LogP) is 1.44. The van der Waals surface area contributed by atoms with Crippen molar-refractivity contribution in [3.8, 4) is 0 Å². The van der Waals surface area contributed by atoms with E-state index < -0.39 is 0 Å². The van der Waals surface area contributed by atoms with Crippen LogP contribution in [0.5, 0.6) is 0 Å². The maximum atomic E-state index is 3.63. The van der Waals surface area contributed by atoms with Crippen LogP contribution in [0.3, 0.4) is 0 Å². The molecule has 0 spiro atoms. The standard InChI is InChI=1S/C6H11B/c1-4-6(5-2)7-3/h4H,3,5H2,1-2H3. The molecule has 0 amide bonds. The number of allylic oxidation sites excluding steroid dienone is 2. The molecular formula is C6H11B. The molecule has 0 radical (unpaired) electrons. The van der Waals surface area contributed by atoms with Gasteiger partial charge in [-0.25, -0.2) is 0 Å². The molecule has 38 valence electrons. The number of hydrogen-bond acceptors (Lipinski definition) is 0. The van der Waals surface area contributed by atoms with Crippen molar-refractivity contribution in [1.82, 2.24) is 0 Å². The van der Waals surface area contributed by atoms with Gasteiger partial charge in [-0.15, -0.1) is 0 Å². The maximum absolute atomic E-state index is 3.63. The molecule has 0 aromatic carbocycles. The molecule has 0 N–H and O–H groups in total. The molecule has 0 bridgehead atoms. The van der Waals surface area contributed by atoms with E-state index in [1.165, 1.54) is 5.47 Å². The molecule has 7 heavy (non-hydrogen) atoms. The summed E-state index contributed by atoms with van der Waals surface area (Å²) in [4.78, 5) is 0. The molecule has 0 saturated carbocycles. The van der Waals surface area contributed by atoms with Crippen molar-refractivity contribution >= 4 is 13.4 Å². The van der Waals surface area contributed by atoms with E-state index in [-0.39, 0.29) is 0 Å². The molecule has 0 aliphatic rings. The first kappa shape index (κ1) is 6.67. The minimum atomic E-state index is 1.10. The van der Waals surface area contributed by atoms with Gasteiger partial charge in [0.2, 0.25) is 0 Å². The molecule has 0 aromatic rings.